The zero-order valence-corrected chi connectivity index (χ0v) is 19.7. The number of para-hydroxylation sites is 1. The number of fused-ring (bicyclic) bond motifs is 1. The minimum atomic E-state index is -5.04. The first kappa shape index (κ1) is 25.5. The lowest BCUT2D eigenvalue weighted by atomic mass is 9.74. The van der Waals surface area contributed by atoms with E-state index in [4.69, 9.17) is 10.5 Å². The van der Waals surface area contributed by atoms with E-state index in [0.29, 0.717) is 30.0 Å². The molecule has 1 amide bonds. The Labute approximate surface area is 204 Å². The van der Waals surface area contributed by atoms with Gasteiger partial charge in [0, 0.05) is 12.0 Å². The minimum Gasteiger partial charge on any atom is -0.493 e. The highest BCUT2D eigenvalue weighted by Gasteiger charge is 2.56. The molecule has 0 saturated heterocycles. The maximum absolute atomic E-state index is 14.1. The Kier molecular flexibility index (Phi) is 6.46. The number of hydrogen-bond acceptors (Lipinski definition) is 5. The van der Waals surface area contributed by atoms with E-state index in [2.05, 4.69) is 10.4 Å². The highest BCUT2D eigenvalue weighted by molar-refractivity contribution is 5.98. The lowest BCUT2D eigenvalue weighted by Gasteiger charge is -2.38. The van der Waals surface area contributed by atoms with Gasteiger partial charge in [0.2, 0.25) is 0 Å². The Morgan fingerprint density at radius 2 is 1.89 bits per heavy atom. The van der Waals surface area contributed by atoms with Gasteiger partial charge in [0.15, 0.2) is 5.60 Å². The molecule has 1 atom stereocenters. The summed E-state index contributed by atoms with van der Waals surface area (Å²) in [5.41, 5.74) is 3.22. The van der Waals surface area contributed by atoms with E-state index >= 15 is 0 Å². The van der Waals surface area contributed by atoms with E-state index in [1.165, 1.54) is 24.3 Å². The molecule has 1 aliphatic heterocycles. The Hall–Kier alpha value is -3.60. The molecule has 1 aliphatic rings. The quantitative estimate of drug-likeness (QED) is 0.422. The monoisotopic (exact) mass is 506 g/mol. The van der Waals surface area contributed by atoms with Crippen molar-refractivity contribution >= 4 is 11.7 Å². The number of nitrogens with two attached hydrogens (primary N) is 1. The topological polar surface area (TPSA) is 102 Å². The number of nitrogens with one attached hydrogen (secondary N) is 1. The average Bonchev–Trinajstić information content (AvgIpc) is 3.43. The highest BCUT2D eigenvalue weighted by Crippen LogP contribution is 2.45. The van der Waals surface area contributed by atoms with Crippen LogP contribution in [0.1, 0.15) is 41.8 Å². The van der Waals surface area contributed by atoms with Crippen LogP contribution in [0, 0.1) is 5.82 Å². The molecule has 3 aromatic rings. The van der Waals surface area contributed by atoms with E-state index in [0.717, 1.165) is 16.4 Å². The third-order valence-electron chi connectivity index (χ3n) is 6.37. The number of halogens is 4. The number of carbonyl (C=O) groups excluding carboxylic acids is 1. The van der Waals surface area contributed by atoms with Crippen LogP contribution < -0.4 is 15.8 Å². The van der Waals surface area contributed by atoms with E-state index in [-0.39, 0.29) is 11.4 Å². The first-order valence-corrected chi connectivity index (χ1v) is 11.2. The molecule has 1 aromatic heterocycles. The molecule has 192 valence electrons. The van der Waals surface area contributed by atoms with E-state index in [9.17, 15) is 27.5 Å². The molecular weight excluding hydrogens is 480 g/mol. The van der Waals surface area contributed by atoms with Crippen molar-refractivity contribution < 1.29 is 32.2 Å². The van der Waals surface area contributed by atoms with Gasteiger partial charge in [-0.05, 0) is 41.7 Å². The fraction of sp³-hybridized carbons (Fsp3) is 0.360. The molecule has 7 nitrogen and oxygen atoms in total. The van der Waals surface area contributed by atoms with Gasteiger partial charge in [0.25, 0.3) is 5.91 Å². The Morgan fingerprint density at radius 3 is 2.56 bits per heavy atom. The molecule has 0 aliphatic carbocycles. The molecular formula is C25H26F4N4O3. The second-order valence-corrected chi connectivity index (χ2v) is 9.50. The number of nitrogen functional groups attached to an aromatic ring is 1. The first-order chi connectivity index (χ1) is 16.8. The molecule has 0 fully saturated rings. The highest BCUT2D eigenvalue weighted by atomic mass is 19.4. The van der Waals surface area contributed by atoms with Crippen LogP contribution in [0.3, 0.4) is 0 Å². The summed E-state index contributed by atoms with van der Waals surface area (Å²) in [5.74, 6) is -1.03. The van der Waals surface area contributed by atoms with Crippen molar-refractivity contribution in [3.63, 3.8) is 0 Å². The van der Waals surface area contributed by atoms with Crippen molar-refractivity contribution in [2.24, 2.45) is 0 Å². The first-order valence-electron chi connectivity index (χ1n) is 11.2. The summed E-state index contributed by atoms with van der Waals surface area (Å²) in [6.45, 7) is 2.52. The molecule has 0 spiro atoms. The SMILES string of the molecule is CC(C)(C[C@](O)(CNC(=O)c1cnn(-c2ccc(F)cc2)c1N)C(F)(F)F)c1cccc2c1OCC2. The molecule has 11 heteroatoms. The second kappa shape index (κ2) is 9.12. The van der Waals surface area contributed by atoms with Crippen molar-refractivity contribution in [1.29, 1.82) is 0 Å². The normalized spacial score (nSPS) is 15.2. The second-order valence-electron chi connectivity index (χ2n) is 9.50. The Bertz CT molecular complexity index is 1270. The minimum absolute atomic E-state index is 0.146. The van der Waals surface area contributed by atoms with Crippen molar-refractivity contribution in [2.75, 3.05) is 18.9 Å². The van der Waals surface area contributed by atoms with Gasteiger partial charge in [-0.3, -0.25) is 4.79 Å². The predicted octanol–water partition coefficient (Wildman–Crippen LogP) is 3.92. The Morgan fingerprint density at radius 1 is 1.19 bits per heavy atom. The summed E-state index contributed by atoms with van der Waals surface area (Å²) < 4.78 is 62.3. The van der Waals surface area contributed by atoms with E-state index in [1.807, 2.05) is 6.07 Å². The molecule has 4 rings (SSSR count). The standard InChI is InChI=1S/C25H26F4N4O3/c1-23(2,19-5-3-4-15-10-11-36-20(15)19)13-24(35,25(27,28)29)14-31-22(34)18-12-32-33(21(18)30)17-8-6-16(26)7-9-17/h3-9,12,35H,10-11,13-14,30H2,1-2H3,(H,31,34)/t24-/m0/s1. The lowest BCUT2D eigenvalue weighted by molar-refractivity contribution is -0.263. The zero-order chi connectivity index (χ0) is 26.3. The molecule has 2 aromatic carbocycles. The van der Waals surface area contributed by atoms with Crippen LogP contribution >= 0.6 is 0 Å². The van der Waals surface area contributed by atoms with Crippen LogP contribution in [-0.2, 0) is 11.8 Å². The molecule has 0 radical (unpaired) electrons. The largest absolute Gasteiger partial charge is 0.493 e. The van der Waals surface area contributed by atoms with Crippen LogP contribution in [0.2, 0.25) is 0 Å². The van der Waals surface area contributed by atoms with Crippen LogP contribution in [0.5, 0.6) is 5.75 Å². The summed E-state index contributed by atoms with van der Waals surface area (Å²) in [4.78, 5) is 12.7. The summed E-state index contributed by atoms with van der Waals surface area (Å²) >= 11 is 0. The molecule has 36 heavy (non-hydrogen) atoms. The third kappa shape index (κ3) is 4.75. The fourth-order valence-electron chi connectivity index (χ4n) is 4.48. The maximum Gasteiger partial charge on any atom is 0.418 e. The number of amides is 1. The van der Waals surface area contributed by atoms with Gasteiger partial charge in [-0.15, -0.1) is 0 Å². The number of aromatic nitrogens is 2. The van der Waals surface area contributed by atoms with Gasteiger partial charge in [-0.2, -0.15) is 18.3 Å². The summed E-state index contributed by atoms with van der Waals surface area (Å²) in [6.07, 6.45) is -4.02. The zero-order valence-electron chi connectivity index (χ0n) is 19.7. The summed E-state index contributed by atoms with van der Waals surface area (Å²) in [5, 5.41) is 16.9. The predicted molar refractivity (Wildman–Crippen MR) is 125 cm³/mol. The van der Waals surface area contributed by atoms with Crippen molar-refractivity contribution in [1.82, 2.24) is 15.1 Å². The molecule has 0 unspecified atom stereocenters. The smallest absolute Gasteiger partial charge is 0.418 e. The van der Waals surface area contributed by atoms with E-state index < -0.39 is 41.9 Å². The average molecular weight is 507 g/mol. The summed E-state index contributed by atoms with van der Waals surface area (Å²) in [7, 11) is 0. The lowest BCUT2D eigenvalue weighted by Crippen LogP contribution is -2.56. The number of hydrogen-bond donors (Lipinski definition) is 3. The molecule has 4 N–H and O–H groups in total. The van der Waals surface area contributed by atoms with Crippen molar-refractivity contribution in [3.8, 4) is 11.4 Å². The summed E-state index contributed by atoms with van der Waals surface area (Å²) in [6, 6.07) is 10.4. The van der Waals surface area contributed by atoms with Gasteiger partial charge < -0.3 is 20.9 Å². The van der Waals surface area contributed by atoms with Gasteiger partial charge in [-0.1, -0.05) is 32.0 Å². The Balaban J connectivity index is 1.54. The number of nitrogens with zero attached hydrogens (tertiary/aromatic N) is 2. The number of carbonyl (C=O) groups is 1. The molecule has 2 heterocycles. The molecule has 0 saturated carbocycles. The van der Waals surface area contributed by atoms with Gasteiger partial charge in [-0.25, -0.2) is 9.07 Å². The number of rotatable bonds is 7. The van der Waals surface area contributed by atoms with Gasteiger partial charge in [0.1, 0.15) is 22.9 Å². The van der Waals surface area contributed by atoms with Crippen LogP contribution in [0.4, 0.5) is 23.4 Å². The van der Waals surface area contributed by atoms with Gasteiger partial charge >= 0.3 is 6.18 Å². The van der Waals surface area contributed by atoms with E-state index in [1.54, 1.807) is 26.0 Å². The van der Waals surface area contributed by atoms with Crippen molar-refractivity contribution in [2.45, 2.75) is 43.9 Å². The number of benzene rings is 2. The van der Waals surface area contributed by atoms with Crippen molar-refractivity contribution in [3.05, 3.63) is 71.2 Å². The number of ether oxygens (including phenoxy) is 1. The third-order valence-corrected chi connectivity index (χ3v) is 6.37. The number of anilines is 1. The molecule has 0 bridgehead atoms. The van der Waals surface area contributed by atoms with Crippen LogP contribution in [-0.4, -0.2) is 45.7 Å². The van der Waals surface area contributed by atoms with Crippen LogP contribution in [0.25, 0.3) is 5.69 Å². The fourth-order valence-corrected chi connectivity index (χ4v) is 4.48. The number of alkyl halides is 3. The maximum atomic E-state index is 14.1. The number of aliphatic hydroxyl groups is 1. The van der Waals surface area contributed by atoms with Gasteiger partial charge in [0.05, 0.1) is 25.0 Å². The van der Waals surface area contributed by atoms with Crippen LogP contribution in [0.15, 0.2) is 48.7 Å².